The molecule has 0 spiro atoms. The fourth-order valence-corrected chi connectivity index (χ4v) is 3.29. The van der Waals surface area contributed by atoms with Crippen LogP contribution >= 0.6 is 0 Å². The van der Waals surface area contributed by atoms with E-state index in [-0.39, 0.29) is 22.4 Å². The molecular weight excluding hydrogens is 389 g/mol. The zero-order valence-corrected chi connectivity index (χ0v) is 15.8. The highest BCUT2D eigenvalue weighted by Gasteiger charge is 2.23. The SMILES string of the molecule is CC(C)c1cc(OS(=O)(=O)c2ccc([N+](=O)[O-])cc2)n(-c2ccc(F)cc2)n1. The molecule has 10 heteroatoms. The van der Waals surface area contributed by atoms with E-state index in [9.17, 15) is 22.9 Å². The summed E-state index contributed by atoms with van der Waals surface area (Å²) in [4.78, 5) is 9.86. The van der Waals surface area contributed by atoms with Crippen LogP contribution < -0.4 is 4.18 Å². The predicted molar refractivity (Wildman–Crippen MR) is 98.5 cm³/mol. The average molecular weight is 405 g/mol. The van der Waals surface area contributed by atoms with Gasteiger partial charge in [-0.1, -0.05) is 13.8 Å². The normalized spacial score (nSPS) is 11.6. The number of hydrogen-bond donors (Lipinski definition) is 0. The molecule has 146 valence electrons. The minimum absolute atomic E-state index is 0.00822. The topological polar surface area (TPSA) is 104 Å². The lowest BCUT2D eigenvalue weighted by Crippen LogP contribution is -2.12. The fourth-order valence-electron chi connectivity index (χ4n) is 2.39. The molecule has 2 aromatic carbocycles. The molecule has 0 atom stereocenters. The highest BCUT2D eigenvalue weighted by Crippen LogP contribution is 2.27. The number of rotatable bonds is 6. The number of aromatic nitrogens is 2. The monoisotopic (exact) mass is 405 g/mol. The van der Waals surface area contributed by atoms with Crippen LogP contribution in [0.5, 0.6) is 5.88 Å². The quantitative estimate of drug-likeness (QED) is 0.351. The summed E-state index contributed by atoms with van der Waals surface area (Å²) in [7, 11) is -4.26. The minimum atomic E-state index is -4.26. The third kappa shape index (κ3) is 4.01. The maximum atomic E-state index is 13.2. The number of halogens is 1. The van der Waals surface area contributed by atoms with Crippen LogP contribution in [0, 0.1) is 15.9 Å². The molecule has 28 heavy (non-hydrogen) atoms. The van der Waals surface area contributed by atoms with Gasteiger partial charge >= 0.3 is 10.1 Å². The van der Waals surface area contributed by atoms with Crippen LogP contribution in [-0.4, -0.2) is 23.1 Å². The molecular formula is C18H16FN3O5S. The molecule has 0 N–H and O–H groups in total. The Bertz CT molecular complexity index is 1110. The minimum Gasteiger partial charge on any atom is -0.358 e. The first-order chi connectivity index (χ1) is 13.2. The van der Waals surface area contributed by atoms with Crippen LogP contribution in [0.3, 0.4) is 0 Å². The van der Waals surface area contributed by atoms with Crippen molar-refractivity contribution >= 4 is 15.8 Å². The van der Waals surface area contributed by atoms with Crippen molar-refractivity contribution in [3.63, 3.8) is 0 Å². The van der Waals surface area contributed by atoms with Gasteiger partial charge in [-0.3, -0.25) is 10.1 Å². The summed E-state index contributed by atoms with van der Waals surface area (Å²) in [6.45, 7) is 3.76. The van der Waals surface area contributed by atoms with Crippen molar-refractivity contribution in [3.05, 3.63) is 76.2 Å². The van der Waals surface area contributed by atoms with Crippen molar-refractivity contribution in [2.75, 3.05) is 0 Å². The third-order valence-corrected chi connectivity index (χ3v) is 5.13. The van der Waals surface area contributed by atoms with Crippen LogP contribution in [0.1, 0.15) is 25.5 Å². The Labute approximate surface area is 160 Å². The molecule has 0 saturated carbocycles. The van der Waals surface area contributed by atoms with E-state index in [0.717, 1.165) is 24.3 Å². The number of nitro groups is 1. The predicted octanol–water partition coefficient (Wildman–Crippen LogP) is 3.81. The molecule has 8 nitrogen and oxygen atoms in total. The molecule has 3 aromatic rings. The summed E-state index contributed by atoms with van der Waals surface area (Å²) < 4.78 is 44.9. The number of non-ortho nitro benzene ring substituents is 1. The van der Waals surface area contributed by atoms with Gasteiger partial charge in [0.25, 0.3) is 5.69 Å². The van der Waals surface area contributed by atoms with Gasteiger partial charge in [-0.15, -0.1) is 0 Å². The van der Waals surface area contributed by atoms with Crippen LogP contribution in [-0.2, 0) is 10.1 Å². The van der Waals surface area contributed by atoms with Gasteiger partial charge in [0.15, 0.2) is 0 Å². The van der Waals surface area contributed by atoms with Crippen molar-refractivity contribution in [3.8, 4) is 11.6 Å². The van der Waals surface area contributed by atoms with Crippen LogP contribution in [0.15, 0.2) is 59.5 Å². The van der Waals surface area contributed by atoms with E-state index in [4.69, 9.17) is 4.18 Å². The second kappa shape index (κ2) is 7.39. The first-order valence-corrected chi connectivity index (χ1v) is 9.63. The largest absolute Gasteiger partial charge is 0.358 e. The molecule has 0 saturated heterocycles. The Morgan fingerprint density at radius 3 is 2.25 bits per heavy atom. The lowest BCUT2D eigenvalue weighted by Gasteiger charge is -2.09. The molecule has 0 bridgehead atoms. The van der Waals surface area contributed by atoms with Gasteiger partial charge in [-0.2, -0.15) is 18.2 Å². The van der Waals surface area contributed by atoms with E-state index in [2.05, 4.69) is 5.10 Å². The highest BCUT2D eigenvalue weighted by molar-refractivity contribution is 7.87. The van der Waals surface area contributed by atoms with E-state index in [1.54, 1.807) is 0 Å². The second-order valence-electron chi connectivity index (χ2n) is 6.24. The Balaban J connectivity index is 2.00. The van der Waals surface area contributed by atoms with E-state index < -0.39 is 20.9 Å². The number of hydrogen-bond acceptors (Lipinski definition) is 6. The van der Waals surface area contributed by atoms with Gasteiger partial charge in [-0.05, 0) is 42.3 Å². The average Bonchev–Trinajstić information content (AvgIpc) is 3.06. The van der Waals surface area contributed by atoms with E-state index in [1.165, 1.54) is 35.0 Å². The highest BCUT2D eigenvalue weighted by atomic mass is 32.2. The third-order valence-electron chi connectivity index (χ3n) is 3.89. The number of nitrogens with zero attached hydrogens (tertiary/aromatic N) is 3. The molecule has 1 heterocycles. The van der Waals surface area contributed by atoms with Gasteiger partial charge in [-0.25, -0.2) is 4.39 Å². The van der Waals surface area contributed by atoms with Crippen molar-refractivity contribution < 1.29 is 21.9 Å². The summed E-state index contributed by atoms with van der Waals surface area (Å²) in [5, 5.41) is 15.1. The van der Waals surface area contributed by atoms with Gasteiger partial charge in [0, 0.05) is 18.2 Å². The Hall–Kier alpha value is -3.27. The van der Waals surface area contributed by atoms with Crippen molar-refractivity contribution in [1.29, 1.82) is 0 Å². The number of benzene rings is 2. The lowest BCUT2D eigenvalue weighted by molar-refractivity contribution is -0.384. The molecule has 0 radical (unpaired) electrons. The molecule has 0 unspecified atom stereocenters. The van der Waals surface area contributed by atoms with Gasteiger partial charge in [0.2, 0.25) is 5.88 Å². The smallest absolute Gasteiger partial charge is 0.340 e. The van der Waals surface area contributed by atoms with Crippen LogP contribution in [0.4, 0.5) is 10.1 Å². The van der Waals surface area contributed by atoms with Gasteiger partial charge in [0.05, 0.1) is 16.3 Å². The molecule has 0 amide bonds. The Morgan fingerprint density at radius 2 is 1.71 bits per heavy atom. The van der Waals surface area contributed by atoms with E-state index >= 15 is 0 Å². The first-order valence-electron chi connectivity index (χ1n) is 8.22. The second-order valence-corrected chi connectivity index (χ2v) is 7.79. The van der Waals surface area contributed by atoms with Gasteiger partial charge < -0.3 is 4.18 Å². The fraction of sp³-hybridized carbons (Fsp3) is 0.167. The van der Waals surface area contributed by atoms with Crippen LogP contribution in [0.25, 0.3) is 5.69 Å². The maximum Gasteiger partial charge on any atom is 0.340 e. The number of nitro benzene ring substituents is 1. The van der Waals surface area contributed by atoms with E-state index in [0.29, 0.717) is 11.4 Å². The first kappa shape index (κ1) is 19.5. The van der Waals surface area contributed by atoms with Crippen LogP contribution in [0.2, 0.25) is 0 Å². The molecule has 0 aliphatic heterocycles. The van der Waals surface area contributed by atoms with E-state index in [1.807, 2.05) is 13.8 Å². The molecule has 0 fully saturated rings. The zero-order chi connectivity index (χ0) is 20.5. The summed E-state index contributed by atoms with van der Waals surface area (Å²) in [6, 6.07) is 11.2. The standard InChI is InChI=1S/C18H16FN3O5S/c1-12(2)17-11-18(21(20-17)14-5-3-13(19)4-6-14)27-28(25,26)16-9-7-15(8-10-16)22(23)24/h3-12H,1-2H3. The molecule has 0 aliphatic carbocycles. The van der Waals surface area contributed by atoms with Gasteiger partial charge in [0.1, 0.15) is 10.7 Å². The summed E-state index contributed by atoms with van der Waals surface area (Å²) in [6.07, 6.45) is 0. The maximum absolute atomic E-state index is 13.2. The Kier molecular flexibility index (Phi) is 5.14. The van der Waals surface area contributed by atoms with Crippen molar-refractivity contribution in [1.82, 2.24) is 9.78 Å². The summed E-state index contributed by atoms with van der Waals surface area (Å²) in [5.74, 6) is -0.527. The summed E-state index contributed by atoms with van der Waals surface area (Å²) in [5.41, 5.74) is 0.762. The van der Waals surface area contributed by atoms with Crippen molar-refractivity contribution in [2.24, 2.45) is 0 Å². The lowest BCUT2D eigenvalue weighted by atomic mass is 10.1. The Morgan fingerprint density at radius 1 is 1.11 bits per heavy atom. The molecule has 1 aromatic heterocycles. The molecule has 0 aliphatic rings. The summed E-state index contributed by atoms with van der Waals surface area (Å²) >= 11 is 0. The van der Waals surface area contributed by atoms with Crippen molar-refractivity contribution in [2.45, 2.75) is 24.7 Å². The zero-order valence-electron chi connectivity index (χ0n) is 14.9. The molecule has 3 rings (SSSR count).